The Morgan fingerprint density at radius 1 is 0.653 bits per heavy atom. The van der Waals surface area contributed by atoms with Gasteiger partial charge in [0.15, 0.2) is 0 Å². The summed E-state index contributed by atoms with van der Waals surface area (Å²) in [6.45, 7) is 24.9. The number of hydrogen-bond donors (Lipinski definition) is 0. The molecule has 1 atom stereocenters. The molecule has 0 aliphatic heterocycles. The fourth-order valence-electron chi connectivity index (χ4n) is 5.74. The topological polar surface area (TPSA) is 0 Å². The number of allylic oxidation sites excluding steroid dienone is 4. The van der Waals surface area contributed by atoms with Gasteiger partial charge in [0.25, 0.3) is 0 Å². The van der Waals surface area contributed by atoms with Crippen molar-refractivity contribution in [2.45, 2.75) is 87.0 Å². The molecule has 254 valence electrons. The molecule has 49 heavy (non-hydrogen) atoms. The summed E-state index contributed by atoms with van der Waals surface area (Å²) in [6.07, 6.45) is 7.90. The molecular formula is C46H52Cl2Zr. The van der Waals surface area contributed by atoms with E-state index in [4.69, 9.17) is 23.2 Å². The minimum atomic E-state index is 0.203. The molecule has 0 bridgehead atoms. The molecule has 0 spiro atoms. The Hall–Kier alpha value is -2.44. The summed E-state index contributed by atoms with van der Waals surface area (Å²) in [5.41, 5.74) is 7.25. The third kappa shape index (κ3) is 10.5. The SMILES string of the molecule is CC(C)(C)c1ccc2c(c1)[cH-]c1cc(C(C)(C)C)ccc12.CC(C)C1[C-]=CC(C(C)(C)C)=C1.Clc1cccc([C](=[Zr+2])c2cccc(Cl)c2)c1. The number of benzene rings is 4. The molecule has 0 aromatic heterocycles. The zero-order chi connectivity index (χ0) is 36.3. The third-order valence-corrected chi connectivity index (χ3v) is 10.9. The monoisotopic (exact) mass is 764 g/mol. The van der Waals surface area contributed by atoms with Gasteiger partial charge in [0, 0.05) is 0 Å². The number of fused-ring (bicyclic) bond motifs is 3. The van der Waals surface area contributed by atoms with Crippen molar-refractivity contribution in [3.05, 3.63) is 147 Å². The molecule has 1 unspecified atom stereocenters. The quantitative estimate of drug-likeness (QED) is 0.160. The van der Waals surface area contributed by atoms with E-state index in [9.17, 15) is 0 Å². The van der Waals surface area contributed by atoms with Gasteiger partial charge >= 0.3 is 120 Å². The van der Waals surface area contributed by atoms with Gasteiger partial charge < -0.3 is 0 Å². The predicted molar refractivity (Wildman–Crippen MR) is 214 cm³/mol. The maximum absolute atomic E-state index is 5.98. The third-order valence-electron chi connectivity index (χ3n) is 9.04. The van der Waals surface area contributed by atoms with Crippen LogP contribution in [0.3, 0.4) is 0 Å². The van der Waals surface area contributed by atoms with E-state index < -0.39 is 0 Å². The zero-order valence-electron chi connectivity index (χ0n) is 31.2. The summed E-state index contributed by atoms with van der Waals surface area (Å²) < 4.78 is 1.26. The second kappa shape index (κ2) is 15.8. The Labute approximate surface area is 321 Å². The standard InChI is InChI=1S/C21H25.C13H8Cl2.C12H19.Zr/c1-20(2,3)16-7-9-18-14(12-16)11-15-13-17(21(4,5)6)8-10-19(15)18;14-12-5-1-3-10(8-12)7-11-4-2-6-13(15)9-11;1-9(2)10-6-7-11(8-10)12(3,4)5;/h7-13H,1-6H3;1-6,8-9H;7-10H,1-5H3;/q-1;;-1;+2. The van der Waals surface area contributed by atoms with E-state index >= 15 is 0 Å². The molecule has 0 fully saturated rings. The summed E-state index contributed by atoms with van der Waals surface area (Å²) in [6, 6.07) is 32.0. The molecule has 3 heteroatoms. The van der Waals surface area contributed by atoms with Gasteiger partial charge in [-0.2, -0.15) is 11.6 Å². The van der Waals surface area contributed by atoms with Gasteiger partial charge in [-0.25, -0.2) is 6.08 Å². The molecule has 0 heterocycles. The van der Waals surface area contributed by atoms with Crippen LogP contribution in [0.2, 0.25) is 10.0 Å². The van der Waals surface area contributed by atoms with Crippen LogP contribution in [0.1, 0.15) is 98.4 Å². The van der Waals surface area contributed by atoms with Gasteiger partial charge in [0.05, 0.1) is 0 Å². The van der Waals surface area contributed by atoms with Crippen LogP contribution in [0.5, 0.6) is 0 Å². The summed E-state index contributed by atoms with van der Waals surface area (Å²) in [5, 5.41) is 7.00. The van der Waals surface area contributed by atoms with Crippen LogP contribution >= 0.6 is 23.2 Å². The van der Waals surface area contributed by atoms with Crippen molar-refractivity contribution in [1.29, 1.82) is 0 Å². The van der Waals surface area contributed by atoms with Crippen molar-refractivity contribution < 1.29 is 24.2 Å². The average molecular weight is 767 g/mol. The van der Waals surface area contributed by atoms with Crippen LogP contribution in [0.15, 0.2) is 109 Å². The van der Waals surface area contributed by atoms with Gasteiger partial charge in [0.2, 0.25) is 0 Å². The van der Waals surface area contributed by atoms with Crippen LogP contribution < -0.4 is 0 Å². The van der Waals surface area contributed by atoms with Crippen molar-refractivity contribution in [3.63, 3.8) is 0 Å². The molecular weight excluding hydrogens is 715 g/mol. The summed E-state index contributed by atoms with van der Waals surface area (Å²) in [5.74, 6) is 1.22. The summed E-state index contributed by atoms with van der Waals surface area (Å²) >= 11 is 13.3. The first-order chi connectivity index (χ1) is 22.7. The van der Waals surface area contributed by atoms with Crippen LogP contribution in [0.4, 0.5) is 0 Å². The second-order valence-corrected chi connectivity index (χ2v) is 18.7. The van der Waals surface area contributed by atoms with E-state index in [0.717, 1.165) is 21.2 Å². The van der Waals surface area contributed by atoms with E-state index in [1.165, 1.54) is 65.7 Å². The molecule has 0 saturated heterocycles. The van der Waals surface area contributed by atoms with Crippen LogP contribution in [0, 0.1) is 23.3 Å². The molecule has 0 nitrogen and oxygen atoms in total. The van der Waals surface area contributed by atoms with Crippen molar-refractivity contribution >= 4 is 48.0 Å². The molecule has 0 saturated carbocycles. The Kier molecular flexibility index (Phi) is 12.7. The number of hydrogen-bond acceptors (Lipinski definition) is 0. The van der Waals surface area contributed by atoms with Gasteiger partial charge in [-0.1, -0.05) is 129 Å². The number of halogens is 2. The average Bonchev–Trinajstić information content (AvgIpc) is 3.66. The molecule has 1 aliphatic rings. The van der Waals surface area contributed by atoms with Crippen molar-refractivity contribution in [2.24, 2.45) is 17.3 Å². The van der Waals surface area contributed by atoms with E-state index in [1.807, 2.05) is 36.4 Å². The Morgan fingerprint density at radius 3 is 1.43 bits per heavy atom. The van der Waals surface area contributed by atoms with Gasteiger partial charge in [-0.05, 0) is 10.8 Å². The van der Waals surface area contributed by atoms with Crippen molar-refractivity contribution in [1.82, 2.24) is 0 Å². The van der Waals surface area contributed by atoms with Crippen molar-refractivity contribution in [3.8, 4) is 0 Å². The first-order valence-corrected chi connectivity index (χ1v) is 19.3. The minimum absolute atomic E-state index is 0.203. The molecule has 5 aromatic carbocycles. The van der Waals surface area contributed by atoms with Crippen LogP contribution in [-0.4, -0.2) is 3.21 Å². The van der Waals surface area contributed by atoms with E-state index in [1.54, 1.807) is 0 Å². The fourth-order valence-corrected chi connectivity index (χ4v) is 6.88. The van der Waals surface area contributed by atoms with Gasteiger partial charge in [-0.15, -0.1) is 39.7 Å². The fraction of sp³-hybridized carbons (Fsp3) is 0.348. The van der Waals surface area contributed by atoms with E-state index in [2.05, 4.69) is 149 Å². The summed E-state index contributed by atoms with van der Waals surface area (Å²) in [7, 11) is 0. The Morgan fingerprint density at radius 2 is 1.10 bits per heavy atom. The molecule has 0 radical (unpaired) electrons. The molecule has 0 N–H and O–H groups in total. The maximum atomic E-state index is 5.98. The zero-order valence-corrected chi connectivity index (χ0v) is 35.2. The van der Waals surface area contributed by atoms with Gasteiger partial charge in [-0.3, -0.25) is 6.08 Å². The Balaban J connectivity index is 0.000000173. The Bertz CT molecular complexity index is 1860. The molecule has 5 aromatic rings. The molecule has 6 rings (SSSR count). The van der Waals surface area contributed by atoms with Gasteiger partial charge in [0.1, 0.15) is 0 Å². The second-order valence-electron chi connectivity index (χ2n) is 16.6. The first-order valence-electron chi connectivity index (χ1n) is 17.3. The summed E-state index contributed by atoms with van der Waals surface area (Å²) in [4.78, 5) is 0. The predicted octanol–water partition coefficient (Wildman–Crippen LogP) is 14.0. The van der Waals surface area contributed by atoms with E-state index in [-0.39, 0.29) is 16.2 Å². The number of rotatable bonds is 3. The molecule has 0 amide bonds. The van der Waals surface area contributed by atoms with Crippen LogP contribution in [0.25, 0.3) is 21.5 Å². The first kappa shape index (κ1) is 39.4. The van der Waals surface area contributed by atoms with Crippen LogP contribution in [-0.2, 0) is 35.1 Å². The van der Waals surface area contributed by atoms with E-state index in [0.29, 0.717) is 11.8 Å². The molecule has 1 aliphatic carbocycles. The normalized spacial score (nSPS) is 14.8. The van der Waals surface area contributed by atoms with Crippen molar-refractivity contribution in [2.75, 3.05) is 0 Å².